The molecular formula is C15H16BrNO2S. The summed E-state index contributed by atoms with van der Waals surface area (Å²) in [7, 11) is -3.48. The molecule has 5 heteroatoms. The molecule has 20 heavy (non-hydrogen) atoms. The van der Waals surface area contributed by atoms with Gasteiger partial charge in [0.15, 0.2) is 0 Å². The number of alkyl halides is 1. The zero-order chi connectivity index (χ0) is 14.2. The van der Waals surface area contributed by atoms with Crippen LogP contribution in [0.5, 0.6) is 0 Å². The van der Waals surface area contributed by atoms with Gasteiger partial charge in [-0.05, 0) is 24.3 Å². The van der Waals surface area contributed by atoms with Gasteiger partial charge >= 0.3 is 0 Å². The van der Waals surface area contributed by atoms with Crippen molar-refractivity contribution < 1.29 is 8.42 Å². The maximum Gasteiger partial charge on any atom is 0.241 e. The van der Waals surface area contributed by atoms with E-state index >= 15 is 0 Å². The molecule has 2 aromatic carbocycles. The third-order valence-corrected chi connectivity index (χ3v) is 6.42. The van der Waals surface area contributed by atoms with Crippen molar-refractivity contribution in [3.8, 4) is 0 Å². The highest BCUT2D eigenvalue weighted by Crippen LogP contribution is 2.28. The number of sulfonamides is 1. The maximum absolute atomic E-state index is 12.6. The van der Waals surface area contributed by atoms with Gasteiger partial charge in [-0.15, -0.1) is 0 Å². The molecule has 2 aromatic rings. The molecule has 2 atom stereocenters. The zero-order valence-electron chi connectivity index (χ0n) is 10.9. The summed E-state index contributed by atoms with van der Waals surface area (Å²) in [4.78, 5) is 0.592. The molecule has 0 heterocycles. The Kier molecular flexibility index (Phi) is 3.84. The molecule has 3 nitrogen and oxygen atoms in total. The molecule has 0 aliphatic heterocycles. The van der Waals surface area contributed by atoms with E-state index in [0.717, 1.165) is 30.0 Å². The van der Waals surface area contributed by atoms with E-state index in [0.29, 0.717) is 4.90 Å². The second-order valence-electron chi connectivity index (χ2n) is 5.15. The van der Waals surface area contributed by atoms with Gasteiger partial charge < -0.3 is 0 Å². The molecule has 1 aliphatic rings. The predicted octanol–water partition coefficient (Wildman–Crippen LogP) is 3.43. The molecule has 3 rings (SSSR count). The van der Waals surface area contributed by atoms with Crippen LogP contribution in [0, 0.1) is 0 Å². The third kappa shape index (κ3) is 2.62. The van der Waals surface area contributed by atoms with Gasteiger partial charge in [0.2, 0.25) is 10.0 Å². The fraction of sp³-hybridized carbons (Fsp3) is 0.333. The second-order valence-corrected chi connectivity index (χ2v) is 8.01. The van der Waals surface area contributed by atoms with Gasteiger partial charge in [-0.3, -0.25) is 0 Å². The molecule has 0 bridgehead atoms. The Balaban J connectivity index is 2.01. The van der Waals surface area contributed by atoms with Crippen molar-refractivity contribution in [2.75, 3.05) is 0 Å². The Labute approximate surface area is 127 Å². The lowest BCUT2D eigenvalue weighted by molar-refractivity contribution is 0.557. The minimum absolute atomic E-state index is 0.0148. The van der Waals surface area contributed by atoms with Crippen LogP contribution in [-0.4, -0.2) is 19.3 Å². The van der Waals surface area contributed by atoms with Crippen molar-refractivity contribution >= 4 is 36.7 Å². The van der Waals surface area contributed by atoms with Crippen LogP contribution in [0.3, 0.4) is 0 Å². The fourth-order valence-electron chi connectivity index (χ4n) is 2.74. The number of hydrogen-bond acceptors (Lipinski definition) is 2. The van der Waals surface area contributed by atoms with E-state index in [2.05, 4.69) is 20.7 Å². The van der Waals surface area contributed by atoms with E-state index in [4.69, 9.17) is 0 Å². The lowest BCUT2D eigenvalue weighted by Gasteiger charge is -2.17. The molecular weight excluding hydrogens is 338 g/mol. The second kappa shape index (κ2) is 5.47. The molecule has 2 unspecified atom stereocenters. The first-order valence-electron chi connectivity index (χ1n) is 6.72. The molecule has 0 amide bonds. The topological polar surface area (TPSA) is 46.2 Å². The Bertz CT molecular complexity index is 724. The first kappa shape index (κ1) is 14.0. The normalized spacial score (nSPS) is 23.2. The quantitative estimate of drug-likeness (QED) is 0.859. The van der Waals surface area contributed by atoms with Crippen LogP contribution in [-0.2, 0) is 10.0 Å². The lowest BCUT2D eigenvalue weighted by Crippen LogP contribution is -2.37. The van der Waals surface area contributed by atoms with Crippen LogP contribution in [0.4, 0.5) is 0 Å². The molecule has 0 saturated heterocycles. The number of rotatable bonds is 3. The summed E-state index contributed by atoms with van der Waals surface area (Å²) >= 11 is 3.55. The number of halogens is 1. The molecule has 0 aromatic heterocycles. The first-order valence-corrected chi connectivity index (χ1v) is 9.12. The van der Waals surface area contributed by atoms with Crippen LogP contribution in [0.25, 0.3) is 10.8 Å². The van der Waals surface area contributed by atoms with Gasteiger partial charge in [0, 0.05) is 16.3 Å². The first-order chi connectivity index (χ1) is 9.58. The van der Waals surface area contributed by atoms with Crippen molar-refractivity contribution in [3.63, 3.8) is 0 Å². The minimum atomic E-state index is -3.48. The van der Waals surface area contributed by atoms with E-state index in [1.807, 2.05) is 30.3 Å². The van der Waals surface area contributed by atoms with E-state index in [-0.39, 0.29) is 10.9 Å². The lowest BCUT2D eigenvalue weighted by atomic mass is 10.1. The Morgan fingerprint density at radius 2 is 1.80 bits per heavy atom. The minimum Gasteiger partial charge on any atom is -0.207 e. The number of benzene rings is 2. The number of hydrogen-bond donors (Lipinski definition) is 1. The van der Waals surface area contributed by atoms with E-state index in [1.54, 1.807) is 12.1 Å². The smallest absolute Gasteiger partial charge is 0.207 e. The third-order valence-electron chi connectivity index (χ3n) is 3.78. The van der Waals surface area contributed by atoms with E-state index < -0.39 is 10.0 Å². The number of fused-ring (bicyclic) bond motifs is 1. The highest BCUT2D eigenvalue weighted by atomic mass is 79.9. The molecule has 1 aliphatic carbocycles. The largest absolute Gasteiger partial charge is 0.241 e. The summed E-state index contributed by atoms with van der Waals surface area (Å²) in [6.45, 7) is 0. The Hall–Kier alpha value is -0.910. The number of nitrogens with one attached hydrogen (secondary N) is 1. The van der Waals surface area contributed by atoms with Gasteiger partial charge in [0.1, 0.15) is 0 Å². The van der Waals surface area contributed by atoms with E-state index in [9.17, 15) is 8.42 Å². The zero-order valence-corrected chi connectivity index (χ0v) is 13.3. The van der Waals surface area contributed by atoms with Crippen molar-refractivity contribution in [1.29, 1.82) is 0 Å². The van der Waals surface area contributed by atoms with Gasteiger partial charge in [-0.25, -0.2) is 13.1 Å². The summed E-state index contributed by atoms with van der Waals surface area (Å²) in [5, 5.41) is 1.71. The average Bonchev–Trinajstić information content (AvgIpc) is 2.83. The van der Waals surface area contributed by atoms with E-state index in [1.165, 1.54) is 0 Å². The molecule has 1 N–H and O–H groups in total. The summed E-state index contributed by atoms with van der Waals surface area (Å²) in [5.74, 6) is 0. The Morgan fingerprint density at radius 1 is 1.05 bits per heavy atom. The van der Waals surface area contributed by atoms with Gasteiger partial charge in [-0.1, -0.05) is 58.7 Å². The van der Waals surface area contributed by atoms with Crippen LogP contribution in [0.2, 0.25) is 0 Å². The molecule has 0 spiro atoms. The molecule has 0 radical (unpaired) electrons. The van der Waals surface area contributed by atoms with Crippen molar-refractivity contribution in [1.82, 2.24) is 4.72 Å². The van der Waals surface area contributed by atoms with Crippen molar-refractivity contribution in [2.24, 2.45) is 0 Å². The summed E-state index contributed by atoms with van der Waals surface area (Å²) < 4.78 is 28.1. The van der Waals surface area contributed by atoms with Gasteiger partial charge in [-0.2, -0.15) is 0 Å². The molecule has 106 valence electrons. The fourth-order valence-corrected chi connectivity index (χ4v) is 5.18. The summed E-state index contributed by atoms with van der Waals surface area (Å²) in [6.07, 6.45) is 2.96. The maximum atomic E-state index is 12.6. The standard InChI is InChI=1S/C15H16BrNO2S/c16-13-8-4-9-14(13)17-20(18,19)15-10-3-6-11-5-1-2-7-12(11)15/h1-3,5-7,10,13-14,17H,4,8-9H2. The van der Waals surface area contributed by atoms with Crippen LogP contribution < -0.4 is 4.72 Å². The van der Waals surface area contributed by atoms with Gasteiger partial charge in [0.05, 0.1) is 4.90 Å². The molecule has 1 saturated carbocycles. The molecule has 1 fully saturated rings. The summed E-state index contributed by atoms with van der Waals surface area (Å²) in [5.41, 5.74) is 0. The van der Waals surface area contributed by atoms with Crippen molar-refractivity contribution in [3.05, 3.63) is 42.5 Å². The predicted molar refractivity (Wildman–Crippen MR) is 84.6 cm³/mol. The van der Waals surface area contributed by atoms with Crippen molar-refractivity contribution in [2.45, 2.75) is 35.0 Å². The van der Waals surface area contributed by atoms with Crippen LogP contribution in [0.15, 0.2) is 47.4 Å². The van der Waals surface area contributed by atoms with Crippen LogP contribution >= 0.6 is 15.9 Å². The summed E-state index contributed by atoms with van der Waals surface area (Å²) in [6, 6.07) is 12.9. The van der Waals surface area contributed by atoms with Gasteiger partial charge in [0.25, 0.3) is 0 Å². The highest BCUT2D eigenvalue weighted by molar-refractivity contribution is 9.09. The monoisotopic (exact) mass is 353 g/mol. The highest BCUT2D eigenvalue weighted by Gasteiger charge is 2.30. The average molecular weight is 354 g/mol. The Morgan fingerprint density at radius 3 is 2.55 bits per heavy atom. The SMILES string of the molecule is O=S(=O)(NC1CCCC1Br)c1cccc2ccccc12. The van der Waals surface area contributed by atoms with Crippen LogP contribution in [0.1, 0.15) is 19.3 Å².